The van der Waals surface area contributed by atoms with Crippen LogP contribution in [0.1, 0.15) is 27.8 Å². The van der Waals surface area contributed by atoms with Gasteiger partial charge in [0, 0.05) is 29.6 Å². The molecule has 0 saturated heterocycles. The summed E-state index contributed by atoms with van der Waals surface area (Å²) in [6, 6.07) is 13.9. The van der Waals surface area contributed by atoms with Crippen molar-refractivity contribution in [2.45, 2.75) is 6.92 Å². The molecule has 0 aliphatic rings. The number of pyridine rings is 1. The van der Waals surface area contributed by atoms with E-state index in [9.17, 15) is 22.8 Å². The lowest BCUT2D eigenvalue weighted by Crippen LogP contribution is -2.16. The molecule has 34 heavy (non-hydrogen) atoms. The number of anilines is 1. The van der Waals surface area contributed by atoms with Crippen molar-refractivity contribution in [1.29, 1.82) is 0 Å². The first-order valence-corrected chi connectivity index (χ1v) is 10.1. The smallest absolute Gasteiger partial charge is 0.358 e. The lowest BCUT2D eigenvalue weighted by Gasteiger charge is -2.10. The molecule has 0 saturated carbocycles. The first-order chi connectivity index (χ1) is 16.4. The Morgan fingerprint density at radius 1 is 1.00 bits per heavy atom. The normalized spacial score (nSPS) is 10.7. The molecule has 172 valence electrons. The van der Waals surface area contributed by atoms with E-state index in [1.54, 1.807) is 43.5 Å². The molecule has 7 nitrogen and oxygen atoms in total. The Bertz CT molecular complexity index is 1350. The third-order valence-corrected chi connectivity index (χ3v) is 4.71. The predicted octanol–water partition coefficient (Wildman–Crippen LogP) is 4.78. The Morgan fingerprint density at radius 3 is 2.44 bits per heavy atom. The minimum atomic E-state index is -1.32. The van der Waals surface area contributed by atoms with Gasteiger partial charge in [-0.05, 0) is 37.3 Å². The van der Waals surface area contributed by atoms with Crippen LogP contribution in [-0.2, 0) is 4.74 Å². The Balaban J connectivity index is 1.71. The van der Waals surface area contributed by atoms with E-state index in [1.165, 1.54) is 22.9 Å². The van der Waals surface area contributed by atoms with Gasteiger partial charge in [-0.1, -0.05) is 18.2 Å². The fourth-order valence-electron chi connectivity index (χ4n) is 3.25. The summed E-state index contributed by atoms with van der Waals surface area (Å²) in [4.78, 5) is 29.0. The Kier molecular flexibility index (Phi) is 6.39. The zero-order chi connectivity index (χ0) is 24.2. The fourth-order valence-corrected chi connectivity index (χ4v) is 3.25. The zero-order valence-corrected chi connectivity index (χ0v) is 17.8. The molecule has 2 heterocycles. The summed E-state index contributed by atoms with van der Waals surface area (Å²) in [5.41, 5.74) is 0.322. The molecule has 4 aromatic rings. The van der Waals surface area contributed by atoms with Crippen LogP contribution in [0.3, 0.4) is 0 Å². The van der Waals surface area contributed by atoms with Crippen LogP contribution in [-0.4, -0.2) is 33.2 Å². The number of esters is 1. The van der Waals surface area contributed by atoms with Gasteiger partial charge < -0.3 is 10.1 Å². The van der Waals surface area contributed by atoms with Crippen molar-refractivity contribution < 1.29 is 27.5 Å². The molecule has 0 radical (unpaired) electrons. The van der Waals surface area contributed by atoms with Gasteiger partial charge in [-0.15, -0.1) is 0 Å². The lowest BCUT2D eigenvalue weighted by atomic mass is 10.1. The lowest BCUT2D eigenvalue weighted by molar-refractivity contribution is 0.0518. The van der Waals surface area contributed by atoms with E-state index in [2.05, 4.69) is 15.4 Å². The molecule has 0 atom stereocenters. The van der Waals surface area contributed by atoms with E-state index < -0.39 is 34.9 Å². The molecular weight excluding hydrogens is 449 g/mol. The molecule has 2 aromatic heterocycles. The summed E-state index contributed by atoms with van der Waals surface area (Å²) in [5, 5.41) is 6.70. The minimum Gasteiger partial charge on any atom is -0.461 e. The van der Waals surface area contributed by atoms with Gasteiger partial charge in [-0.3, -0.25) is 4.79 Å². The summed E-state index contributed by atoms with van der Waals surface area (Å²) >= 11 is 0. The highest BCUT2D eigenvalue weighted by molar-refractivity contribution is 6.05. The molecule has 1 amide bonds. The molecule has 1 N–H and O–H groups in total. The molecule has 0 spiro atoms. The standard InChI is InChI=1S/C24H17F3N4O3/c1-2-34-24(33)19-13-20(31(30-19)21-8-3-4-9-28-21)14-6-5-7-16(10-14)29-23(32)22-17(26)11-15(25)12-18(22)27/h3-13H,2H2,1H3,(H,29,32). The molecule has 2 aromatic carbocycles. The third kappa shape index (κ3) is 4.65. The quantitative estimate of drug-likeness (QED) is 0.414. The SMILES string of the molecule is CCOC(=O)c1cc(-c2cccc(NC(=O)c3c(F)cc(F)cc3F)c2)n(-c2ccccn2)n1. The van der Waals surface area contributed by atoms with E-state index in [1.807, 2.05) is 0 Å². The van der Waals surface area contributed by atoms with Gasteiger partial charge >= 0.3 is 5.97 Å². The Hall–Kier alpha value is -4.47. The number of aromatic nitrogens is 3. The third-order valence-electron chi connectivity index (χ3n) is 4.71. The van der Waals surface area contributed by atoms with Crippen molar-refractivity contribution in [3.8, 4) is 17.1 Å². The molecule has 0 bridgehead atoms. The largest absolute Gasteiger partial charge is 0.461 e. The number of amides is 1. The molecular formula is C24H17F3N4O3. The zero-order valence-electron chi connectivity index (χ0n) is 17.8. The van der Waals surface area contributed by atoms with Gasteiger partial charge in [0.05, 0.1) is 12.3 Å². The number of nitrogens with one attached hydrogen (secondary N) is 1. The van der Waals surface area contributed by atoms with Crippen LogP contribution in [0, 0.1) is 17.5 Å². The number of ether oxygens (including phenoxy) is 1. The van der Waals surface area contributed by atoms with Crippen LogP contribution in [0.4, 0.5) is 18.9 Å². The maximum atomic E-state index is 14.0. The second kappa shape index (κ2) is 9.57. The van der Waals surface area contributed by atoms with Crippen molar-refractivity contribution >= 4 is 17.6 Å². The summed E-state index contributed by atoms with van der Waals surface area (Å²) in [7, 11) is 0. The maximum Gasteiger partial charge on any atom is 0.358 e. The van der Waals surface area contributed by atoms with Crippen LogP contribution in [0.2, 0.25) is 0 Å². The van der Waals surface area contributed by atoms with E-state index in [4.69, 9.17) is 4.74 Å². The van der Waals surface area contributed by atoms with Crippen molar-refractivity contribution in [2.24, 2.45) is 0 Å². The number of hydrogen-bond acceptors (Lipinski definition) is 5. The van der Waals surface area contributed by atoms with Gasteiger partial charge in [0.25, 0.3) is 5.91 Å². The highest BCUT2D eigenvalue weighted by Gasteiger charge is 2.21. The second-order valence-electron chi connectivity index (χ2n) is 7.01. The van der Waals surface area contributed by atoms with Gasteiger partial charge in [0.15, 0.2) is 11.5 Å². The van der Waals surface area contributed by atoms with Crippen molar-refractivity contribution in [2.75, 3.05) is 11.9 Å². The van der Waals surface area contributed by atoms with Crippen LogP contribution in [0.5, 0.6) is 0 Å². The molecule has 0 fully saturated rings. The molecule has 10 heteroatoms. The van der Waals surface area contributed by atoms with E-state index in [0.29, 0.717) is 29.2 Å². The number of nitrogens with zero attached hydrogens (tertiary/aromatic N) is 3. The summed E-state index contributed by atoms with van der Waals surface area (Å²) in [5.74, 6) is -5.05. The first-order valence-electron chi connectivity index (χ1n) is 10.1. The summed E-state index contributed by atoms with van der Waals surface area (Å²) in [6.07, 6.45) is 1.56. The average molecular weight is 466 g/mol. The predicted molar refractivity (Wildman–Crippen MR) is 117 cm³/mol. The first kappa shape index (κ1) is 22.7. The fraction of sp³-hybridized carbons (Fsp3) is 0.0833. The van der Waals surface area contributed by atoms with Crippen molar-refractivity contribution in [1.82, 2.24) is 14.8 Å². The number of halogens is 3. The minimum absolute atomic E-state index is 0.0485. The Morgan fingerprint density at radius 2 is 1.76 bits per heavy atom. The Labute approximate surface area is 191 Å². The van der Waals surface area contributed by atoms with Gasteiger partial charge in [0.1, 0.15) is 23.0 Å². The number of carbonyl (C=O) groups excluding carboxylic acids is 2. The monoisotopic (exact) mass is 466 g/mol. The highest BCUT2D eigenvalue weighted by atomic mass is 19.1. The van der Waals surface area contributed by atoms with Crippen LogP contribution in [0.15, 0.2) is 66.9 Å². The molecule has 0 unspecified atom stereocenters. The van der Waals surface area contributed by atoms with Crippen LogP contribution < -0.4 is 5.32 Å². The van der Waals surface area contributed by atoms with Gasteiger partial charge in [0.2, 0.25) is 0 Å². The molecule has 0 aliphatic heterocycles. The number of rotatable bonds is 6. The van der Waals surface area contributed by atoms with Crippen molar-refractivity contribution in [3.05, 3.63) is 95.6 Å². The van der Waals surface area contributed by atoms with E-state index in [0.717, 1.165) is 0 Å². The maximum absolute atomic E-state index is 14.0. The van der Waals surface area contributed by atoms with Gasteiger partial charge in [-0.25, -0.2) is 27.6 Å². The van der Waals surface area contributed by atoms with Gasteiger partial charge in [-0.2, -0.15) is 5.10 Å². The van der Waals surface area contributed by atoms with Crippen molar-refractivity contribution in [3.63, 3.8) is 0 Å². The number of benzene rings is 2. The van der Waals surface area contributed by atoms with Crippen LogP contribution >= 0.6 is 0 Å². The molecule has 4 rings (SSSR count). The van der Waals surface area contributed by atoms with E-state index >= 15 is 0 Å². The second-order valence-corrected chi connectivity index (χ2v) is 7.01. The molecule has 0 aliphatic carbocycles. The van der Waals surface area contributed by atoms with Crippen LogP contribution in [0.25, 0.3) is 17.1 Å². The topological polar surface area (TPSA) is 86.1 Å². The average Bonchev–Trinajstić information content (AvgIpc) is 3.25. The van der Waals surface area contributed by atoms with E-state index in [-0.39, 0.29) is 18.0 Å². The highest BCUT2D eigenvalue weighted by Crippen LogP contribution is 2.27. The number of carbonyl (C=O) groups is 2. The number of hydrogen-bond donors (Lipinski definition) is 1. The summed E-state index contributed by atoms with van der Waals surface area (Å²) < 4.78 is 47.6. The summed E-state index contributed by atoms with van der Waals surface area (Å²) in [6.45, 7) is 1.84.